The van der Waals surface area contributed by atoms with Crippen LogP contribution in [0.2, 0.25) is 0 Å². The molecule has 1 heterocycles. The number of carbonyl (C=O) groups is 1. The fourth-order valence-electron chi connectivity index (χ4n) is 3.30. The molecule has 0 bridgehead atoms. The summed E-state index contributed by atoms with van der Waals surface area (Å²) in [6.07, 6.45) is 0. The van der Waals surface area contributed by atoms with Crippen molar-refractivity contribution in [3.8, 4) is 22.9 Å². The van der Waals surface area contributed by atoms with E-state index >= 15 is 0 Å². The van der Waals surface area contributed by atoms with Crippen molar-refractivity contribution in [2.75, 3.05) is 6.61 Å². The first kappa shape index (κ1) is 15.1. The third-order valence-electron chi connectivity index (χ3n) is 4.50. The van der Waals surface area contributed by atoms with Gasteiger partial charge in [0.1, 0.15) is 12.2 Å². The summed E-state index contributed by atoms with van der Waals surface area (Å²) < 4.78 is 5.46. The molecular formula is C19H15NO5. The second-order valence-corrected chi connectivity index (χ2v) is 5.88. The van der Waals surface area contributed by atoms with Crippen LogP contribution in [0.25, 0.3) is 11.1 Å². The van der Waals surface area contributed by atoms with Crippen molar-refractivity contribution in [2.45, 2.75) is 5.92 Å². The van der Waals surface area contributed by atoms with Crippen LogP contribution in [0, 0.1) is 0 Å². The van der Waals surface area contributed by atoms with Gasteiger partial charge in [-0.15, -0.1) is 4.73 Å². The SMILES string of the molecule is O=C(OCC1c2ccccc2-c2ccccc21)c1cc(O)n(O)c1O. The van der Waals surface area contributed by atoms with Gasteiger partial charge in [0.05, 0.1) is 0 Å². The number of benzene rings is 2. The Morgan fingerprint density at radius 1 is 1.00 bits per heavy atom. The van der Waals surface area contributed by atoms with Crippen molar-refractivity contribution in [1.82, 2.24) is 4.73 Å². The van der Waals surface area contributed by atoms with Gasteiger partial charge in [-0.25, -0.2) is 4.79 Å². The van der Waals surface area contributed by atoms with Gasteiger partial charge in [-0.1, -0.05) is 48.5 Å². The molecule has 0 atom stereocenters. The van der Waals surface area contributed by atoms with Gasteiger partial charge in [0.25, 0.3) is 0 Å². The summed E-state index contributed by atoms with van der Waals surface area (Å²) in [7, 11) is 0. The highest BCUT2D eigenvalue weighted by Gasteiger charge is 2.30. The maximum atomic E-state index is 12.2. The smallest absolute Gasteiger partial charge is 0.343 e. The Balaban J connectivity index is 1.61. The summed E-state index contributed by atoms with van der Waals surface area (Å²) in [5, 5.41) is 28.3. The van der Waals surface area contributed by atoms with Crippen LogP contribution >= 0.6 is 0 Å². The molecule has 0 saturated carbocycles. The lowest BCUT2D eigenvalue weighted by Gasteiger charge is -2.13. The average Bonchev–Trinajstić information content (AvgIpc) is 3.09. The quantitative estimate of drug-likeness (QED) is 0.504. The van der Waals surface area contributed by atoms with Crippen molar-refractivity contribution >= 4 is 5.97 Å². The number of hydrogen-bond donors (Lipinski definition) is 3. The molecule has 0 aliphatic heterocycles. The van der Waals surface area contributed by atoms with Crippen LogP contribution in [0.5, 0.6) is 11.8 Å². The van der Waals surface area contributed by atoms with Crippen LogP contribution < -0.4 is 0 Å². The zero-order valence-corrected chi connectivity index (χ0v) is 13.1. The van der Waals surface area contributed by atoms with Crippen molar-refractivity contribution in [3.05, 3.63) is 71.3 Å². The van der Waals surface area contributed by atoms with Gasteiger partial charge < -0.3 is 20.2 Å². The van der Waals surface area contributed by atoms with Gasteiger partial charge >= 0.3 is 5.97 Å². The highest BCUT2D eigenvalue weighted by Crippen LogP contribution is 2.44. The summed E-state index contributed by atoms with van der Waals surface area (Å²) in [5.74, 6) is -2.32. The van der Waals surface area contributed by atoms with Crippen LogP contribution in [0.4, 0.5) is 0 Å². The number of hydrogen-bond acceptors (Lipinski definition) is 5. The van der Waals surface area contributed by atoms with E-state index in [1.807, 2.05) is 48.5 Å². The van der Waals surface area contributed by atoms with E-state index in [2.05, 4.69) is 0 Å². The molecule has 2 aromatic carbocycles. The molecule has 3 aromatic rings. The molecule has 3 N–H and O–H groups in total. The molecule has 0 unspecified atom stereocenters. The summed E-state index contributed by atoms with van der Waals surface area (Å²) in [4.78, 5) is 12.2. The van der Waals surface area contributed by atoms with E-state index in [0.29, 0.717) is 0 Å². The lowest BCUT2D eigenvalue weighted by atomic mass is 9.98. The topological polar surface area (TPSA) is 91.9 Å². The van der Waals surface area contributed by atoms with Crippen molar-refractivity contribution in [2.24, 2.45) is 0 Å². The zero-order chi connectivity index (χ0) is 17.6. The third-order valence-corrected chi connectivity index (χ3v) is 4.50. The zero-order valence-electron chi connectivity index (χ0n) is 13.1. The average molecular weight is 337 g/mol. The fraction of sp³-hybridized carbons (Fsp3) is 0.105. The van der Waals surface area contributed by atoms with Crippen LogP contribution in [0.1, 0.15) is 27.4 Å². The fourth-order valence-corrected chi connectivity index (χ4v) is 3.30. The van der Waals surface area contributed by atoms with Crippen LogP contribution in [-0.2, 0) is 4.74 Å². The molecule has 0 saturated heterocycles. The molecule has 25 heavy (non-hydrogen) atoms. The van der Waals surface area contributed by atoms with E-state index in [1.165, 1.54) is 0 Å². The van der Waals surface area contributed by atoms with Gasteiger partial charge in [0.2, 0.25) is 11.8 Å². The van der Waals surface area contributed by atoms with Crippen LogP contribution in [-0.4, -0.2) is 32.7 Å². The first-order valence-electron chi connectivity index (χ1n) is 7.76. The highest BCUT2D eigenvalue weighted by atomic mass is 16.5. The maximum absolute atomic E-state index is 12.2. The molecule has 4 rings (SSSR count). The first-order chi connectivity index (χ1) is 12.1. The Labute approximate surface area is 143 Å². The Bertz CT molecular complexity index is 930. The number of rotatable bonds is 3. The molecule has 0 amide bonds. The predicted octanol–water partition coefficient (Wildman–Crippen LogP) is 3.11. The molecule has 6 nitrogen and oxygen atoms in total. The van der Waals surface area contributed by atoms with Gasteiger partial charge in [-0.3, -0.25) is 0 Å². The molecular weight excluding hydrogens is 322 g/mol. The van der Waals surface area contributed by atoms with Gasteiger partial charge in [-0.05, 0) is 22.3 Å². The van der Waals surface area contributed by atoms with Gasteiger partial charge in [0.15, 0.2) is 0 Å². The summed E-state index contributed by atoms with van der Waals surface area (Å²) in [5.41, 5.74) is 4.08. The lowest BCUT2D eigenvalue weighted by Crippen LogP contribution is -2.12. The molecule has 0 fully saturated rings. The number of aromatic hydroxyl groups is 2. The van der Waals surface area contributed by atoms with Crippen molar-refractivity contribution in [3.63, 3.8) is 0 Å². The third kappa shape index (κ3) is 2.30. The number of aromatic nitrogens is 1. The largest absolute Gasteiger partial charge is 0.492 e. The number of carbonyl (C=O) groups excluding carboxylic acids is 1. The van der Waals surface area contributed by atoms with E-state index in [0.717, 1.165) is 28.3 Å². The van der Waals surface area contributed by atoms with E-state index in [9.17, 15) is 20.2 Å². The van der Waals surface area contributed by atoms with E-state index in [1.54, 1.807) is 0 Å². The van der Waals surface area contributed by atoms with Gasteiger partial charge in [-0.2, -0.15) is 0 Å². The monoisotopic (exact) mass is 337 g/mol. The summed E-state index contributed by atoms with van der Waals surface area (Å²) in [6.45, 7) is 0.0870. The maximum Gasteiger partial charge on any atom is 0.343 e. The summed E-state index contributed by atoms with van der Waals surface area (Å²) >= 11 is 0. The lowest BCUT2D eigenvalue weighted by molar-refractivity contribution is 0.0485. The number of ether oxygens (including phenoxy) is 1. The molecule has 126 valence electrons. The van der Waals surface area contributed by atoms with E-state index in [4.69, 9.17) is 4.74 Å². The minimum atomic E-state index is -0.817. The van der Waals surface area contributed by atoms with E-state index in [-0.39, 0.29) is 22.8 Å². The minimum Gasteiger partial charge on any atom is -0.492 e. The second kappa shape index (κ2) is 5.59. The van der Waals surface area contributed by atoms with Crippen LogP contribution in [0.3, 0.4) is 0 Å². The van der Waals surface area contributed by atoms with Gasteiger partial charge in [0, 0.05) is 12.0 Å². The molecule has 6 heteroatoms. The van der Waals surface area contributed by atoms with Crippen LogP contribution in [0.15, 0.2) is 54.6 Å². The second-order valence-electron chi connectivity index (χ2n) is 5.88. The molecule has 1 aliphatic rings. The molecule has 0 spiro atoms. The molecule has 1 aromatic heterocycles. The number of esters is 1. The standard InChI is InChI=1S/C19H15NO5/c21-17-9-15(18(22)20(17)24)19(23)25-10-16-13-7-3-1-5-11(13)12-6-2-4-8-14(12)16/h1-9,16,21-22,24H,10H2. The Morgan fingerprint density at radius 3 is 2.08 bits per heavy atom. The normalized spacial score (nSPS) is 12.6. The Morgan fingerprint density at radius 2 is 1.56 bits per heavy atom. The number of fused-ring (bicyclic) bond motifs is 3. The van der Waals surface area contributed by atoms with E-state index < -0.39 is 17.7 Å². The van der Waals surface area contributed by atoms with Crippen molar-refractivity contribution < 1.29 is 25.0 Å². The summed E-state index contributed by atoms with van der Waals surface area (Å²) in [6, 6.07) is 16.8. The first-order valence-corrected chi connectivity index (χ1v) is 7.76. The predicted molar refractivity (Wildman–Crippen MR) is 88.9 cm³/mol. The number of nitrogens with zero attached hydrogens (tertiary/aromatic N) is 1. The molecule has 0 radical (unpaired) electrons. The Kier molecular flexibility index (Phi) is 3.39. The molecule has 1 aliphatic carbocycles. The minimum absolute atomic E-state index is 0.0870. The highest BCUT2D eigenvalue weighted by molar-refractivity contribution is 5.92. The Hall–Kier alpha value is -3.41. The van der Waals surface area contributed by atoms with Crippen molar-refractivity contribution in [1.29, 1.82) is 0 Å².